The van der Waals surface area contributed by atoms with Crippen LogP contribution in [0.2, 0.25) is 0 Å². The van der Waals surface area contributed by atoms with Gasteiger partial charge in [-0.1, -0.05) is 37.3 Å². The van der Waals surface area contributed by atoms with Gasteiger partial charge in [0, 0.05) is 19.5 Å². The molecular formula is C15H21NO2. The van der Waals surface area contributed by atoms with E-state index in [4.69, 9.17) is 0 Å². The van der Waals surface area contributed by atoms with Gasteiger partial charge in [0.2, 0.25) is 5.91 Å². The van der Waals surface area contributed by atoms with E-state index in [9.17, 15) is 9.90 Å². The van der Waals surface area contributed by atoms with Gasteiger partial charge in [-0.3, -0.25) is 4.79 Å². The molecule has 0 saturated carbocycles. The molecule has 18 heavy (non-hydrogen) atoms. The Morgan fingerprint density at radius 1 is 1.33 bits per heavy atom. The second kappa shape index (κ2) is 6.01. The standard InChI is InChI=1S/C15H21NO2/c1-2-14(17)16-10-8-13(9-11-16)15(18)12-6-4-3-5-7-12/h3-7,13,15,18H,2,8-11H2,1H3. The van der Waals surface area contributed by atoms with Gasteiger partial charge >= 0.3 is 0 Å². The van der Waals surface area contributed by atoms with Gasteiger partial charge in [-0.2, -0.15) is 0 Å². The molecule has 1 aromatic rings. The lowest BCUT2D eigenvalue weighted by molar-refractivity contribution is -0.132. The van der Waals surface area contributed by atoms with E-state index < -0.39 is 6.10 Å². The molecule has 1 unspecified atom stereocenters. The Hall–Kier alpha value is -1.35. The summed E-state index contributed by atoms with van der Waals surface area (Å²) in [5.74, 6) is 0.496. The third kappa shape index (κ3) is 2.91. The van der Waals surface area contributed by atoms with Crippen molar-refractivity contribution in [1.82, 2.24) is 4.90 Å². The molecule has 0 spiro atoms. The van der Waals surface area contributed by atoms with Crippen molar-refractivity contribution in [2.45, 2.75) is 32.3 Å². The summed E-state index contributed by atoms with van der Waals surface area (Å²) in [4.78, 5) is 13.5. The van der Waals surface area contributed by atoms with Crippen LogP contribution >= 0.6 is 0 Å². The number of hydrogen-bond donors (Lipinski definition) is 1. The normalized spacial score (nSPS) is 18.7. The number of aliphatic hydroxyl groups excluding tert-OH is 1. The highest BCUT2D eigenvalue weighted by Gasteiger charge is 2.27. The van der Waals surface area contributed by atoms with Gasteiger partial charge in [-0.25, -0.2) is 0 Å². The molecule has 1 amide bonds. The predicted octanol–water partition coefficient (Wildman–Crippen LogP) is 2.37. The quantitative estimate of drug-likeness (QED) is 0.890. The van der Waals surface area contributed by atoms with Gasteiger partial charge in [-0.15, -0.1) is 0 Å². The van der Waals surface area contributed by atoms with Crippen LogP contribution in [0.15, 0.2) is 30.3 Å². The molecule has 2 rings (SSSR count). The van der Waals surface area contributed by atoms with Gasteiger partial charge in [0.15, 0.2) is 0 Å². The van der Waals surface area contributed by atoms with Crippen molar-refractivity contribution in [3.63, 3.8) is 0 Å². The largest absolute Gasteiger partial charge is 0.388 e. The fourth-order valence-electron chi connectivity index (χ4n) is 2.61. The predicted molar refractivity (Wildman–Crippen MR) is 71.0 cm³/mol. The highest BCUT2D eigenvalue weighted by Crippen LogP contribution is 2.30. The summed E-state index contributed by atoms with van der Waals surface area (Å²) >= 11 is 0. The molecule has 1 aliphatic heterocycles. The molecule has 1 atom stereocenters. The minimum Gasteiger partial charge on any atom is -0.388 e. The molecule has 1 fully saturated rings. The summed E-state index contributed by atoms with van der Waals surface area (Å²) < 4.78 is 0. The Balaban J connectivity index is 1.92. The van der Waals surface area contributed by atoms with Crippen LogP contribution in [0.5, 0.6) is 0 Å². The van der Waals surface area contributed by atoms with Crippen LogP contribution < -0.4 is 0 Å². The highest BCUT2D eigenvalue weighted by molar-refractivity contribution is 5.75. The van der Waals surface area contributed by atoms with Crippen molar-refractivity contribution in [3.8, 4) is 0 Å². The smallest absolute Gasteiger partial charge is 0.222 e. The number of rotatable bonds is 3. The first-order valence-corrected chi connectivity index (χ1v) is 6.73. The lowest BCUT2D eigenvalue weighted by Crippen LogP contribution is -2.39. The Morgan fingerprint density at radius 3 is 2.50 bits per heavy atom. The monoisotopic (exact) mass is 247 g/mol. The zero-order valence-corrected chi connectivity index (χ0v) is 10.9. The lowest BCUT2D eigenvalue weighted by atomic mass is 9.87. The first-order valence-electron chi connectivity index (χ1n) is 6.73. The fraction of sp³-hybridized carbons (Fsp3) is 0.533. The van der Waals surface area contributed by atoms with E-state index in [0.717, 1.165) is 31.5 Å². The average Bonchev–Trinajstić information content (AvgIpc) is 2.47. The minimum absolute atomic E-state index is 0.225. The number of piperidine rings is 1. The maximum atomic E-state index is 11.6. The van der Waals surface area contributed by atoms with Crippen LogP contribution in [0, 0.1) is 5.92 Å². The number of hydrogen-bond acceptors (Lipinski definition) is 2. The van der Waals surface area contributed by atoms with Crippen molar-refractivity contribution in [3.05, 3.63) is 35.9 Å². The zero-order chi connectivity index (χ0) is 13.0. The van der Waals surface area contributed by atoms with E-state index in [1.165, 1.54) is 0 Å². The van der Waals surface area contributed by atoms with Gasteiger partial charge < -0.3 is 10.0 Å². The third-order valence-electron chi connectivity index (χ3n) is 3.78. The summed E-state index contributed by atoms with van der Waals surface area (Å²) in [6.07, 6.45) is 1.96. The van der Waals surface area contributed by atoms with Crippen LogP contribution in [0.4, 0.5) is 0 Å². The zero-order valence-electron chi connectivity index (χ0n) is 10.9. The van der Waals surface area contributed by atoms with E-state index in [1.807, 2.05) is 42.2 Å². The Labute approximate surface area is 108 Å². The molecule has 0 aromatic heterocycles. The van der Waals surface area contributed by atoms with E-state index in [-0.39, 0.29) is 11.8 Å². The maximum Gasteiger partial charge on any atom is 0.222 e. The van der Waals surface area contributed by atoms with Crippen molar-refractivity contribution in [2.75, 3.05) is 13.1 Å². The van der Waals surface area contributed by atoms with E-state index in [1.54, 1.807) is 0 Å². The molecule has 0 radical (unpaired) electrons. The first-order chi connectivity index (χ1) is 8.72. The molecule has 1 aromatic carbocycles. The molecule has 3 heteroatoms. The molecular weight excluding hydrogens is 226 g/mol. The second-order valence-electron chi connectivity index (χ2n) is 4.93. The van der Waals surface area contributed by atoms with Gasteiger partial charge in [0.1, 0.15) is 0 Å². The molecule has 0 bridgehead atoms. The number of benzene rings is 1. The van der Waals surface area contributed by atoms with Crippen LogP contribution in [-0.4, -0.2) is 29.0 Å². The summed E-state index contributed by atoms with van der Waals surface area (Å²) in [5.41, 5.74) is 0.984. The molecule has 98 valence electrons. The van der Waals surface area contributed by atoms with Crippen LogP contribution in [0.3, 0.4) is 0 Å². The SMILES string of the molecule is CCC(=O)N1CCC(C(O)c2ccccc2)CC1. The average molecular weight is 247 g/mol. The van der Waals surface area contributed by atoms with Crippen molar-refractivity contribution in [1.29, 1.82) is 0 Å². The molecule has 1 N–H and O–H groups in total. The number of amides is 1. The molecule has 1 heterocycles. The van der Waals surface area contributed by atoms with Gasteiger partial charge in [-0.05, 0) is 24.3 Å². The Morgan fingerprint density at radius 2 is 1.94 bits per heavy atom. The molecule has 1 aliphatic rings. The topological polar surface area (TPSA) is 40.5 Å². The van der Waals surface area contributed by atoms with Gasteiger partial charge in [0.05, 0.1) is 6.10 Å². The summed E-state index contributed by atoms with van der Waals surface area (Å²) in [7, 11) is 0. The van der Waals surface area contributed by atoms with Crippen LogP contribution in [0.1, 0.15) is 37.9 Å². The van der Waals surface area contributed by atoms with Crippen molar-refractivity contribution in [2.24, 2.45) is 5.92 Å². The van der Waals surface area contributed by atoms with Crippen LogP contribution in [0.25, 0.3) is 0 Å². The molecule has 3 nitrogen and oxygen atoms in total. The Kier molecular flexibility index (Phi) is 4.37. The molecule has 0 aliphatic carbocycles. The first kappa shape index (κ1) is 13.1. The lowest BCUT2D eigenvalue weighted by Gasteiger charge is -2.34. The highest BCUT2D eigenvalue weighted by atomic mass is 16.3. The number of likely N-dealkylation sites (tertiary alicyclic amines) is 1. The summed E-state index contributed by atoms with van der Waals surface area (Å²) in [5, 5.41) is 10.3. The summed E-state index contributed by atoms with van der Waals surface area (Å²) in [6.45, 7) is 3.45. The van der Waals surface area contributed by atoms with Crippen LogP contribution in [-0.2, 0) is 4.79 Å². The third-order valence-corrected chi connectivity index (χ3v) is 3.78. The van der Waals surface area contributed by atoms with Crippen molar-refractivity contribution >= 4 is 5.91 Å². The molecule has 1 saturated heterocycles. The number of nitrogens with zero attached hydrogens (tertiary/aromatic N) is 1. The van der Waals surface area contributed by atoms with Crippen molar-refractivity contribution < 1.29 is 9.90 Å². The van der Waals surface area contributed by atoms with E-state index in [2.05, 4.69) is 0 Å². The number of carbonyl (C=O) groups is 1. The fourth-order valence-corrected chi connectivity index (χ4v) is 2.61. The number of aliphatic hydroxyl groups is 1. The number of carbonyl (C=O) groups excluding carboxylic acids is 1. The second-order valence-corrected chi connectivity index (χ2v) is 4.93. The van der Waals surface area contributed by atoms with Gasteiger partial charge in [0.25, 0.3) is 0 Å². The Bertz CT molecular complexity index is 383. The minimum atomic E-state index is -0.398. The van der Waals surface area contributed by atoms with E-state index in [0.29, 0.717) is 6.42 Å². The summed E-state index contributed by atoms with van der Waals surface area (Å²) in [6, 6.07) is 9.80. The van der Waals surface area contributed by atoms with E-state index >= 15 is 0 Å². The maximum absolute atomic E-state index is 11.6.